The van der Waals surface area contributed by atoms with Gasteiger partial charge in [0, 0.05) is 49.9 Å². The largest absolute Gasteiger partial charge is 0.510 e. The summed E-state index contributed by atoms with van der Waals surface area (Å²) in [6.07, 6.45) is 6.50. The average molecular weight is 545 g/mol. The Hall–Kier alpha value is -3.52. The van der Waals surface area contributed by atoms with E-state index in [0.29, 0.717) is 12.5 Å². The Labute approximate surface area is 236 Å². The van der Waals surface area contributed by atoms with Gasteiger partial charge in [0.1, 0.15) is 11.9 Å². The first kappa shape index (κ1) is 26.7. The second-order valence-corrected chi connectivity index (χ2v) is 11.1. The summed E-state index contributed by atoms with van der Waals surface area (Å²) in [6.45, 7) is 6.98. The molecule has 2 aliphatic heterocycles. The molecule has 2 aromatic carbocycles. The van der Waals surface area contributed by atoms with Gasteiger partial charge in [-0.05, 0) is 74.6 Å². The minimum atomic E-state index is -0.584. The maximum atomic E-state index is 12.0. The first-order valence-corrected chi connectivity index (χ1v) is 14.9. The van der Waals surface area contributed by atoms with Crippen LogP contribution in [0.3, 0.4) is 0 Å². The van der Waals surface area contributed by atoms with Crippen molar-refractivity contribution in [2.24, 2.45) is 0 Å². The first-order chi connectivity index (χ1) is 19.7. The molecule has 0 bridgehead atoms. The van der Waals surface area contributed by atoms with Crippen molar-refractivity contribution in [1.29, 1.82) is 0 Å². The number of unbranched alkanes of at least 4 members (excludes halogenated alkanes) is 1. The van der Waals surface area contributed by atoms with Crippen LogP contribution in [0.1, 0.15) is 44.1 Å². The Kier molecular flexibility index (Phi) is 8.52. The van der Waals surface area contributed by atoms with Crippen molar-refractivity contribution >= 4 is 28.4 Å². The van der Waals surface area contributed by atoms with Crippen LogP contribution in [0.15, 0.2) is 54.6 Å². The summed E-state index contributed by atoms with van der Waals surface area (Å²) in [6, 6.07) is 19.3. The number of hydrogen-bond acceptors (Lipinski definition) is 8. The number of anilines is 2. The van der Waals surface area contributed by atoms with Gasteiger partial charge in [-0.1, -0.05) is 36.4 Å². The van der Waals surface area contributed by atoms with Crippen molar-refractivity contribution in [2.45, 2.75) is 51.0 Å². The maximum Gasteiger partial charge on any atom is 0.510 e. The van der Waals surface area contributed by atoms with Gasteiger partial charge in [0.15, 0.2) is 6.73 Å². The van der Waals surface area contributed by atoms with Gasteiger partial charge in [-0.2, -0.15) is 4.98 Å². The van der Waals surface area contributed by atoms with Crippen LogP contribution in [-0.2, 0) is 15.9 Å². The predicted molar refractivity (Wildman–Crippen MR) is 157 cm³/mol. The fourth-order valence-electron chi connectivity index (χ4n) is 5.80. The number of rotatable bonds is 10. The lowest BCUT2D eigenvalue weighted by molar-refractivity contribution is -0.00391. The number of pyridine rings is 1. The van der Waals surface area contributed by atoms with E-state index in [1.54, 1.807) is 0 Å². The third kappa shape index (κ3) is 6.44. The van der Waals surface area contributed by atoms with E-state index in [1.165, 1.54) is 16.5 Å². The van der Waals surface area contributed by atoms with E-state index in [2.05, 4.69) is 58.3 Å². The van der Waals surface area contributed by atoms with Crippen LogP contribution in [0.2, 0.25) is 0 Å². The van der Waals surface area contributed by atoms with Crippen molar-refractivity contribution in [3.8, 4) is 5.88 Å². The molecule has 1 aromatic heterocycles. The lowest BCUT2D eigenvalue weighted by Crippen LogP contribution is -2.46. The maximum absolute atomic E-state index is 12.0. The molecule has 0 spiro atoms. The number of hydrogen-bond donors (Lipinski definition) is 0. The zero-order valence-corrected chi connectivity index (χ0v) is 23.3. The number of carbonyl (C=O) groups excluding carboxylic acids is 1. The molecule has 40 heavy (non-hydrogen) atoms. The summed E-state index contributed by atoms with van der Waals surface area (Å²) in [4.78, 5) is 23.8. The van der Waals surface area contributed by atoms with E-state index < -0.39 is 6.16 Å². The second-order valence-electron chi connectivity index (χ2n) is 11.1. The third-order valence-corrected chi connectivity index (χ3v) is 8.36. The fourth-order valence-corrected chi connectivity index (χ4v) is 5.80. The number of aromatic nitrogens is 1. The molecular weight excluding hydrogens is 504 g/mol. The summed E-state index contributed by atoms with van der Waals surface area (Å²) in [5, 5.41) is 2.65. The van der Waals surface area contributed by atoms with E-state index in [1.807, 2.05) is 11.0 Å². The smallest absolute Gasteiger partial charge is 0.478 e. The second kappa shape index (κ2) is 12.8. The van der Waals surface area contributed by atoms with Crippen molar-refractivity contribution < 1.29 is 19.0 Å². The zero-order chi connectivity index (χ0) is 27.1. The summed E-state index contributed by atoms with van der Waals surface area (Å²) in [5.74, 6) is 1.48. The highest BCUT2D eigenvalue weighted by molar-refractivity contribution is 5.94. The highest BCUT2D eigenvalue weighted by Gasteiger charge is 2.25. The lowest BCUT2D eigenvalue weighted by Gasteiger charge is -2.36. The Morgan fingerprint density at radius 3 is 2.60 bits per heavy atom. The third-order valence-electron chi connectivity index (χ3n) is 8.36. The Morgan fingerprint density at radius 2 is 1.75 bits per heavy atom. The number of nitrogens with zero attached hydrogens (tertiary/aromatic N) is 4. The number of piperazine rings is 1. The monoisotopic (exact) mass is 544 g/mol. The Morgan fingerprint density at radius 1 is 0.900 bits per heavy atom. The Bertz CT molecular complexity index is 1280. The number of carbonyl (C=O) groups is 1. The molecular formula is C32H40N4O4. The molecule has 0 N–H and O–H groups in total. The van der Waals surface area contributed by atoms with E-state index >= 15 is 0 Å². The quantitative estimate of drug-likeness (QED) is 0.240. The summed E-state index contributed by atoms with van der Waals surface area (Å²) >= 11 is 0. The average Bonchev–Trinajstić information content (AvgIpc) is 2.98. The Balaban J connectivity index is 0.918. The van der Waals surface area contributed by atoms with Crippen molar-refractivity contribution in [3.05, 3.63) is 60.2 Å². The van der Waals surface area contributed by atoms with Gasteiger partial charge in [0.2, 0.25) is 5.88 Å². The standard InChI is InChI=1S/C32H40N4O4/c37-32(40-27-11-6-12-27)39-24-36-18-7-10-26-15-16-30(33-31(26)36)38-23-4-3-17-34-19-21-35(22-20-34)29-14-5-9-25-8-1-2-13-28(25)29/h1-2,5,8-9,13-16,27H,3-4,6-7,10-12,17-24H2. The molecule has 8 heteroatoms. The van der Waals surface area contributed by atoms with Gasteiger partial charge < -0.3 is 24.0 Å². The normalized spacial score (nSPS) is 17.8. The van der Waals surface area contributed by atoms with Gasteiger partial charge in [-0.15, -0.1) is 0 Å². The molecule has 1 aliphatic carbocycles. The molecule has 0 atom stereocenters. The molecule has 2 fully saturated rings. The van der Waals surface area contributed by atoms with Crippen LogP contribution in [0, 0.1) is 0 Å². The molecule has 3 aliphatic rings. The highest BCUT2D eigenvalue weighted by atomic mass is 16.7. The van der Waals surface area contributed by atoms with Crippen LogP contribution in [-0.4, -0.2) is 74.7 Å². The van der Waals surface area contributed by atoms with Gasteiger partial charge in [-0.25, -0.2) is 4.79 Å². The molecule has 0 unspecified atom stereocenters. The van der Waals surface area contributed by atoms with Gasteiger partial charge in [0.05, 0.1) is 6.61 Å². The summed E-state index contributed by atoms with van der Waals surface area (Å²) < 4.78 is 16.7. The molecule has 8 nitrogen and oxygen atoms in total. The minimum absolute atomic E-state index is 0.0268. The van der Waals surface area contributed by atoms with Crippen molar-refractivity contribution in [2.75, 3.05) is 62.4 Å². The van der Waals surface area contributed by atoms with E-state index in [-0.39, 0.29) is 12.8 Å². The lowest BCUT2D eigenvalue weighted by atomic mass is 9.96. The molecule has 3 aromatic rings. The van der Waals surface area contributed by atoms with Crippen LogP contribution in [0.5, 0.6) is 5.88 Å². The van der Waals surface area contributed by atoms with Crippen LogP contribution in [0.25, 0.3) is 10.8 Å². The topological polar surface area (TPSA) is 67.4 Å². The number of ether oxygens (including phenoxy) is 3. The molecule has 1 saturated carbocycles. The van der Waals surface area contributed by atoms with Crippen LogP contribution < -0.4 is 14.5 Å². The van der Waals surface area contributed by atoms with E-state index in [9.17, 15) is 4.79 Å². The molecule has 212 valence electrons. The fraction of sp³-hybridized carbons (Fsp3) is 0.500. The zero-order valence-electron chi connectivity index (χ0n) is 23.3. The molecule has 0 radical (unpaired) electrons. The first-order valence-electron chi connectivity index (χ1n) is 14.9. The van der Waals surface area contributed by atoms with Crippen molar-refractivity contribution in [1.82, 2.24) is 9.88 Å². The molecule has 3 heterocycles. The number of fused-ring (bicyclic) bond motifs is 2. The predicted octanol–water partition coefficient (Wildman–Crippen LogP) is 5.63. The van der Waals surface area contributed by atoms with Crippen LogP contribution in [0.4, 0.5) is 16.3 Å². The number of benzene rings is 2. The molecule has 0 amide bonds. The van der Waals surface area contributed by atoms with Crippen molar-refractivity contribution in [3.63, 3.8) is 0 Å². The minimum Gasteiger partial charge on any atom is -0.478 e. The van der Waals surface area contributed by atoms with Gasteiger partial charge >= 0.3 is 6.16 Å². The summed E-state index contributed by atoms with van der Waals surface area (Å²) in [7, 11) is 0. The SMILES string of the molecule is O=C(OCN1CCCc2ccc(OCCCCN3CCN(c4cccc5ccccc45)CC3)nc21)OC1CCC1. The highest BCUT2D eigenvalue weighted by Crippen LogP contribution is 2.29. The van der Waals surface area contributed by atoms with E-state index in [0.717, 1.165) is 95.6 Å². The van der Waals surface area contributed by atoms with Gasteiger partial charge in [-0.3, -0.25) is 4.90 Å². The summed E-state index contributed by atoms with van der Waals surface area (Å²) in [5.41, 5.74) is 2.51. The van der Waals surface area contributed by atoms with Crippen LogP contribution >= 0.6 is 0 Å². The number of aryl methyl sites for hydroxylation is 1. The molecule has 1 saturated heterocycles. The van der Waals surface area contributed by atoms with E-state index in [4.69, 9.17) is 19.2 Å². The van der Waals surface area contributed by atoms with Gasteiger partial charge in [0.25, 0.3) is 0 Å². The molecule has 6 rings (SSSR count).